The molecule has 0 saturated carbocycles. The number of amides is 2. The summed E-state index contributed by atoms with van der Waals surface area (Å²) in [6, 6.07) is 3.50. The van der Waals surface area contributed by atoms with Crippen LogP contribution in [-0.4, -0.2) is 32.6 Å². The van der Waals surface area contributed by atoms with Gasteiger partial charge in [-0.25, -0.2) is 4.79 Å². The van der Waals surface area contributed by atoms with Crippen LogP contribution in [0.15, 0.2) is 12.1 Å². The van der Waals surface area contributed by atoms with Gasteiger partial charge in [-0.3, -0.25) is 0 Å². The van der Waals surface area contributed by atoms with E-state index < -0.39 is 6.29 Å². The first-order valence-electron chi connectivity index (χ1n) is 6.60. The SMILES string of the molecule is COC(OC)C(C)NC(=O)Nc1cc(C)c(C)cc1C. The van der Waals surface area contributed by atoms with Gasteiger partial charge in [-0.1, -0.05) is 6.07 Å². The van der Waals surface area contributed by atoms with Crippen molar-refractivity contribution in [1.29, 1.82) is 0 Å². The van der Waals surface area contributed by atoms with E-state index in [0.29, 0.717) is 0 Å². The molecule has 0 aliphatic carbocycles. The van der Waals surface area contributed by atoms with E-state index in [2.05, 4.69) is 23.6 Å². The normalized spacial score (nSPS) is 12.3. The summed E-state index contributed by atoms with van der Waals surface area (Å²) < 4.78 is 10.2. The fraction of sp³-hybridized carbons (Fsp3) is 0.533. The smallest absolute Gasteiger partial charge is 0.319 e. The summed E-state index contributed by atoms with van der Waals surface area (Å²) in [6.45, 7) is 7.87. The molecule has 0 aliphatic rings. The highest BCUT2D eigenvalue weighted by molar-refractivity contribution is 5.90. The van der Waals surface area contributed by atoms with Crippen LogP contribution in [0.2, 0.25) is 0 Å². The monoisotopic (exact) mass is 280 g/mol. The molecule has 0 fully saturated rings. The van der Waals surface area contributed by atoms with E-state index in [4.69, 9.17) is 9.47 Å². The molecule has 1 aromatic carbocycles. The highest BCUT2D eigenvalue weighted by Gasteiger charge is 2.18. The average molecular weight is 280 g/mol. The van der Waals surface area contributed by atoms with Crippen molar-refractivity contribution in [3.8, 4) is 0 Å². The zero-order valence-electron chi connectivity index (χ0n) is 13.0. The number of nitrogens with one attached hydrogen (secondary N) is 2. The molecule has 1 unspecified atom stereocenters. The Morgan fingerprint density at radius 1 is 1.05 bits per heavy atom. The van der Waals surface area contributed by atoms with Crippen molar-refractivity contribution in [3.63, 3.8) is 0 Å². The summed E-state index contributed by atoms with van der Waals surface area (Å²) in [7, 11) is 3.08. The van der Waals surface area contributed by atoms with E-state index >= 15 is 0 Å². The number of hydrogen-bond acceptors (Lipinski definition) is 3. The number of anilines is 1. The minimum Gasteiger partial charge on any atom is -0.354 e. The second kappa shape index (κ2) is 7.26. The maximum absolute atomic E-state index is 12.0. The minimum atomic E-state index is -0.471. The van der Waals surface area contributed by atoms with Gasteiger partial charge in [-0.05, 0) is 50.5 Å². The molecule has 112 valence electrons. The molecule has 1 aromatic rings. The van der Waals surface area contributed by atoms with Gasteiger partial charge in [0.2, 0.25) is 0 Å². The average Bonchev–Trinajstić information content (AvgIpc) is 2.37. The lowest BCUT2D eigenvalue weighted by atomic mass is 10.1. The zero-order chi connectivity index (χ0) is 15.3. The second-order valence-corrected chi connectivity index (χ2v) is 4.98. The van der Waals surface area contributed by atoms with Crippen molar-refractivity contribution < 1.29 is 14.3 Å². The van der Waals surface area contributed by atoms with Crippen LogP contribution < -0.4 is 10.6 Å². The predicted molar refractivity (Wildman–Crippen MR) is 80.1 cm³/mol. The number of rotatable bonds is 5. The third kappa shape index (κ3) is 4.21. The summed E-state index contributed by atoms with van der Waals surface area (Å²) in [5.41, 5.74) is 4.20. The number of hydrogen-bond donors (Lipinski definition) is 2. The highest BCUT2D eigenvalue weighted by atomic mass is 16.7. The molecule has 2 amide bonds. The second-order valence-electron chi connectivity index (χ2n) is 4.98. The Bertz CT molecular complexity index is 470. The Hall–Kier alpha value is -1.59. The number of carbonyl (C=O) groups excluding carboxylic acids is 1. The maximum Gasteiger partial charge on any atom is 0.319 e. The van der Waals surface area contributed by atoms with Gasteiger partial charge in [0.1, 0.15) is 0 Å². The van der Waals surface area contributed by atoms with Crippen LogP contribution in [-0.2, 0) is 9.47 Å². The largest absolute Gasteiger partial charge is 0.354 e. The first-order chi connectivity index (χ1) is 9.38. The van der Waals surface area contributed by atoms with Gasteiger partial charge in [0.25, 0.3) is 0 Å². The van der Waals surface area contributed by atoms with Gasteiger partial charge in [0.05, 0.1) is 6.04 Å². The highest BCUT2D eigenvalue weighted by Crippen LogP contribution is 2.19. The third-order valence-electron chi connectivity index (χ3n) is 3.32. The van der Waals surface area contributed by atoms with Gasteiger partial charge in [0, 0.05) is 19.9 Å². The Morgan fingerprint density at radius 3 is 2.15 bits per heavy atom. The fourth-order valence-corrected chi connectivity index (χ4v) is 2.03. The molecular weight excluding hydrogens is 256 g/mol. The summed E-state index contributed by atoms with van der Waals surface area (Å²) >= 11 is 0. The molecule has 1 rings (SSSR count). The van der Waals surface area contributed by atoms with Crippen molar-refractivity contribution in [2.24, 2.45) is 0 Å². The summed E-state index contributed by atoms with van der Waals surface area (Å²) in [5, 5.41) is 5.64. The lowest BCUT2D eigenvalue weighted by Gasteiger charge is -2.22. The number of urea groups is 1. The molecule has 0 saturated heterocycles. The van der Waals surface area contributed by atoms with Crippen LogP contribution in [0.1, 0.15) is 23.6 Å². The van der Waals surface area contributed by atoms with E-state index in [-0.39, 0.29) is 12.1 Å². The van der Waals surface area contributed by atoms with E-state index in [9.17, 15) is 4.79 Å². The molecule has 0 bridgehead atoms. The van der Waals surface area contributed by atoms with Gasteiger partial charge in [0.15, 0.2) is 6.29 Å². The Balaban J connectivity index is 2.69. The van der Waals surface area contributed by atoms with E-state index in [1.165, 1.54) is 19.8 Å². The fourth-order valence-electron chi connectivity index (χ4n) is 2.03. The molecule has 20 heavy (non-hydrogen) atoms. The lowest BCUT2D eigenvalue weighted by Crippen LogP contribution is -2.44. The summed E-state index contributed by atoms with van der Waals surface area (Å²) in [5.74, 6) is 0. The van der Waals surface area contributed by atoms with Gasteiger partial charge >= 0.3 is 6.03 Å². The number of methoxy groups -OCH3 is 2. The quantitative estimate of drug-likeness (QED) is 0.815. The molecule has 0 heterocycles. The molecule has 5 heteroatoms. The number of aryl methyl sites for hydroxylation is 3. The van der Waals surface area contributed by atoms with Crippen molar-refractivity contribution >= 4 is 11.7 Å². The first-order valence-corrected chi connectivity index (χ1v) is 6.60. The van der Waals surface area contributed by atoms with E-state index in [0.717, 1.165) is 16.8 Å². The maximum atomic E-state index is 12.0. The van der Waals surface area contributed by atoms with Crippen molar-refractivity contribution in [1.82, 2.24) is 5.32 Å². The van der Waals surface area contributed by atoms with Crippen LogP contribution in [0.4, 0.5) is 10.5 Å². The molecule has 0 aromatic heterocycles. The molecule has 0 radical (unpaired) electrons. The standard InChI is InChI=1S/C15H24N2O3/c1-9-7-11(3)13(8-10(9)2)17-15(18)16-12(4)14(19-5)20-6/h7-8,12,14H,1-6H3,(H2,16,17,18). The molecular formula is C15H24N2O3. The van der Waals surface area contributed by atoms with Gasteiger partial charge < -0.3 is 20.1 Å². The number of benzene rings is 1. The van der Waals surface area contributed by atoms with E-state index in [1.54, 1.807) is 0 Å². The first kappa shape index (κ1) is 16.5. The van der Waals surface area contributed by atoms with Crippen molar-refractivity contribution in [2.75, 3.05) is 19.5 Å². The Labute approximate surface area is 120 Å². The number of ether oxygens (including phenoxy) is 2. The van der Waals surface area contributed by atoms with Crippen LogP contribution in [0, 0.1) is 20.8 Å². The predicted octanol–water partition coefficient (Wildman–Crippen LogP) is 2.74. The Morgan fingerprint density at radius 2 is 1.60 bits per heavy atom. The summed E-state index contributed by atoms with van der Waals surface area (Å²) in [4.78, 5) is 12.0. The van der Waals surface area contributed by atoms with E-state index in [1.807, 2.05) is 26.8 Å². The molecule has 5 nitrogen and oxygen atoms in total. The van der Waals surface area contributed by atoms with Crippen LogP contribution in [0.3, 0.4) is 0 Å². The topological polar surface area (TPSA) is 59.6 Å². The molecule has 1 atom stereocenters. The van der Waals surface area contributed by atoms with Crippen LogP contribution in [0.25, 0.3) is 0 Å². The minimum absolute atomic E-state index is 0.253. The lowest BCUT2D eigenvalue weighted by molar-refractivity contribution is -0.117. The Kier molecular flexibility index (Phi) is 5.98. The number of carbonyl (C=O) groups is 1. The van der Waals surface area contributed by atoms with Crippen LogP contribution in [0.5, 0.6) is 0 Å². The molecule has 0 spiro atoms. The summed E-state index contributed by atoms with van der Waals surface area (Å²) in [6.07, 6.45) is -0.471. The third-order valence-corrected chi connectivity index (χ3v) is 3.32. The zero-order valence-corrected chi connectivity index (χ0v) is 13.0. The molecule has 0 aliphatic heterocycles. The van der Waals surface area contributed by atoms with Crippen molar-refractivity contribution in [2.45, 2.75) is 40.0 Å². The van der Waals surface area contributed by atoms with Crippen LogP contribution >= 0.6 is 0 Å². The van der Waals surface area contributed by atoms with Gasteiger partial charge in [-0.2, -0.15) is 0 Å². The van der Waals surface area contributed by atoms with Crippen molar-refractivity contribution in [3.05, 3.63) is 28.8 Å². The van der Waals surface area contributed by atoms with Gasteiger partial charge in [-0.15, -0.1) is 0 Å². The molecule has 2 N–H and O–H groups in total.